The van der Waals surface area contributed by atoms with Crippen LogP contribution in [-0.4, -0.2) is 63.4 Å². The fraction of sp³-hybridized carbons (Fsp3) is 0.700. The van der Waals surface area contributed by atoms with Crippen molar-refractivity contribution in [1.29, 1.82) is 0 Å². The first-order chi connectivity index (χ1) is 11.9. The highest BCUT2D eigenvalue weighted by molar-refractivity contribution is 5.52. The van der Waals surface area contributed by atoms with E-state index in [1.807, 2.05) is 0 Å². The lowest BCUT2D eigenvalue weighted by Gasteiger charge is -2.35. The van der Waals surface area contributed by atoms with Crippen molar-refractivity contribution < 1.29 is 4.74 Å². The highest BCUT2D eigenvalue weighted by Crippen LogP contribution is 2.28. The van der Waals surface area contributed by atoms with Gasteiger partial charge in [0, 0.05) is 51.0 Å². The summed E-state index contributed by atoms with van der Waals surface area (Å²) in [4.78, 5) is 5.09. The van der Waals surface area contributed by atoms with Gasteiger partial charge in [0.25, 0.3) is 0 Å². The summed E-state index contributed by atoms with van der Waals surface area (Å²) in [6, 6.07) is 7.85. The molecular weight excluding hydrogens is 298 g/mol. The fourth-order valence-corrected chi connectivity index (χ4v) is 4.35. The number of rotatable bonds is 5. The average molecular weight is 329 g/mol. The van der Waals surface area contributed by atoms with E-state index < -0.39 is 0 Å². The lowest BCUT2D eigenvalue weighted by Crippen LogP contribution is -2.46. The number of nitrogens with zero attached hydrogens (tertiary/aromatic N) is 2. The minimum atomic E-state index is 0.691. The maximum atomic E-state index is 5.41. The Morgan fingerprint density at radius 3 is 2.62 bits per heavy atom. The summed E-state index contributed by atoms with van der Waals surface area (Å²) in [6.45, 7) is 8.65. The maximum Gasteiger partial charge on any atom is 0.0594 e. The van der Waals surface area contributed by atoms with Crippen LogP contribution in [-0.2, 0) is 17.6 Å². The Kier molecular flexibility index (Phi) is 5.36. The second-order valence-electron chi connectivity index (χ2n) is 7.48. The number of fused-ring (bicyclic) bond motifs is 1. The SMILES string of the molecule is c1cc2c(cc1N1CCC(NCCN3CCOCC3)CC1)CCC2. The van der Waals surface area contributed by atoms with Gasteiger partial charge >= 0.3 is 0 Å². The number of ether oxygens (including phenoxy) is 1. The van der Waals surface area contributed by atoms with E-state index >= 15 is 0 Å². The number of benzene rings is 1. The van der Waals surface area contributed by atoms with Crippen LogP contribution in [0.3, 0.4) is 0 Å². The third kappa shape index (κ3) is 3.93. The molecule has 1 aliphatic carbocycles. The van der Waals surface area contributed by atoms with E-state index in [9.17, 15) is 0 Å². The van der Waals surface area contributed by atoms with Gasteiger partial charge in [0.15, 0.2) is 0 Å². The lowest BCUT2D eigenvalue weighted by atomic mass is 10.0. The van der Waals surface area contributed by atoms with Crippen molar-refractivity contribution in [2.75, 3.05) is 57.4 Å². The van der Waals surface area contributed by atoms with Gasteiger partial charge in [-0.15, -0.1) is 0 Å². The van der Waals surface area contributed by atoms with Gasteiger partial charge in [0.2, 0.25) is 0 Å². The molecule has 0 aromatic heterocycles. The minimum absolute atomic E-state index is 0.691. The van der Waals surface area contributed by atoms with E-state index in [-0.39, 0.29) is 0 Å². The van der Waals surface area contributed by atoms with Crippen molar-refractivity contribution in [3.63, 3.8) is 0 Å². The summed E-state index contributed by atoms with van der Waals surface area (Å²) in [5.74, 6) is 0. The van der Waals surface area contributed by atoms with E-state index in [0.29, 0.717) is 6.04 Å². The van der Waals surface area contributed by atoms with Gasteiger partial charge in [0.1, 0.15) is 0 Å². The molecule has 0 bridgehead atoms. The summed E-state index contributed by atoms with van der Waals surface area (Å²) in [6.07, 6.45) is 6.43. The van der Waals surface area contributed by atoms with Gasteiger partial charge in [-0.1, -0.05) is 6.07 Å². The van der Waals surface area contributed by atoms with E-state index in [4.69, 9.17) is 4.74 Å². The van der Waals surface area contributed by atoms with Gasteiger partial charge in [-0.25, -0.2) is 0 Å². The molecule has 2 fully saturated rings. The molecule has 2 heterocycles. The van der Waals surface area contributed by atoms with Crippen LogP contribution in [0.5, 0.6) is 0 Å². The Hall–Kier alpha value is -1.10. The molecule has 0 saturated carbocycles. The van der Waals surface area contributed by atoms with Gasteiger partial charge in [-0.3, -0.25) is 4.90 Å². The molecule has 0 atom stereocenters. The van der Waals surface area contributed by atoms with Crippen molar-refractivity contribution in [3.8, 4) is 0 Å². The zero-order valence-corrected chi connectivity index (χ0v) is 14.8. The number of aryl methyl sites for hydroxylation is 2. The first-order valence-corrected chi connectivity index (χ1v) is 9.79. The van der Waals surface area contributed by atoms with Gasteiger partial charge in [0.05, 0.1) is 13.2 Å². The van der Waals surface area contributed by atoms with E-state index in [0.717, 1.165) is 39.4 Å². The maximum absolute atomic E-state index is 5.41. The molecule has 4 heteroatoms. The average Bonchev–Trinajstić information content (AvgIpc) is 3.11. The Morgan fingerprint density at radius 2 is 1.79 bits per heavy atom. The van der Waals surface area contributed by atoms with Crippen molar-refractivity contribution in [3.05, 3.63) is 29.3 Å². The molecule has 2 saturated heterocycles. The second-order valence-corrected chi connectivity index (χ2v) is 7.48. The lowest BCUT2D eigenvalue weighted by molar-refractivity contribution is 0.0380. The second kappa shape index (κ2) is 7.85. The zero-order chi connectivity index (χ0) is 16.2. The highest BCUT2D eigenvalue weighted by atomic mass is 16.5. The van der Waals surface area contributed by atoms with Gasteiger partial charge in [-0.2, -0.15) is 0 Å². The minimum Gasteiger partial charge on any atom is -0.379 e. The number of hydrogen-bond acceptors (Lipinski definition) is 4. The molecule has 1 aromatic rings. The molecule has 0 spiro atoms. The molecule has 1 aromatic carbocycles. The largest absolute Gasteiger partial charge is 0.379 e. The molecule has 0 amide bonds. The number of piperidine rings is 1. The van der Waals surface area contributed by atoms with E-state index in [1.165, 1.54) is 50.9 Å². The van der Waals surface area contributed by atoms with Crippen LogP contribution in [0.1, 0.15) is 30.4 Å². The zero-order valence-electron chi connectivity index (χ0n) is 14.8. The standard InChI is InChI=1S/C20H31N3O/c1-2-17-4-5-20(16-18(17)3-1)23-9-6-19(7-10-23)21-8-11-22-12-14-24-15-13-22/h4-5,16,19,21H,1-3,6-15H2. The molecule has 0 radical (unpaired) electrons. The van der Waals surface area contributed by atoms with Crippen LogP contribution >= 0.6 is 0 Å². The summed E-state index contributed by atoms with van der Waals surface area (Å²) < 4.78 is 5.41. The van der Waals surface area contributed by atoms with Gasteiger partial charge < -0.3 is 15.0 Å². The predicted octanol–water partition coefficient (Wildman–Crippen LogP) is 2.07. The fourth-order valence-electron chi connectivity index (χ4n) is 4.35. The number of anilines is 1. The van der Waals surface area contributed by atoms with Crippen LogP contribution in [0.15, 0.2) is 18.2 Å². The normalized spacial score (nSPS) is 22.8. The topological polar surface area (TPSA) is 27.7 Å². The molecule has 24 heavy (non-hydrogen) atoms. The quantitative estimate of drug-likeness (QED) is 0.895. The van der Waals surface area contributed by atoms with E-state index in [1.54, 1.807) is 11.1 Å². The molecule has 132 valence electrons. The van der Waals surface area contributed by atoms with Crippen LogP contribution in [0.25, 0.3) is 0 Å². The molecule has 0 unspecified atom stereocenters. The first-order valence-electron chi connectivity index (χ1n) is 9.79. The van der Waals surface area contributed by atoms with Crippen molar-refractivity contribution >= 4 is 5.69 Å². The third-order valence-corrected chi connectivity index (χ3v) is 5.91. The molecule has 4 rings (SSSR count). The Balaban J connectivity index is 1.20. The molecule has 1 N–H and O–H groups in total. The smallest absolute Gasteiger partial charge is 0.0594 e. The summed E-state index contributed by atoms with van der Waals surface area (Å²) >= 11 is 0. The van der Waals surface area contributed by atoms with Crippen LogP contribution in [0.2, 0.25) is 0 Å². The summed E-state index contributed by atoms with van der Waals surface area (Å²) in [7, 11) is 0. The Morgan fingerprint density at radius 1 is 1.00 bits per heavy atom. The molecule has 2 aliphatic heterocycles. The van der Waals surface area contributed by atoms with E-state index in [2.05, 4.69) is 33.3 Å². The molecule has 4 nitrogen and oxygen atoms in total. The monoisotopic (exact) mass is 329 g/mol. The Labute approximate surface area is 146 Å². The van der Waals surface area contributed by atoms with Crippen molar-refractivity contribution in [1.82, 2.24) is 10.2 Å². The predicted molar refractivity (Wildman–Crippen MR) is 99.0 cm³/mol. The van der Waals surface area contributed by atoms with Crippen molar-refractivity contribution in [2.45, 2.75) is 38.1 Å². The summed E-state index contributed by atoms with van der Waals surface area (Å²) in [5.41, 5.74) is 4.62. The van der Waals surface area contributed by atoms with Crippen molar-refractivity contribution in [2.24, 2.45) is 0 Å². The van der Waals surface area contributed by atoms with Gasteiger partial charge in [-0.05, 0) is 55.4 Å². The van der Waals surface area contributed by atoms with Crippen LogP contribution < -0.4 is 10.2 Å². The van der Waals surface area contributed by atoms with Crippen LogP contribution in [0, 0.1) is 0 Å². The van der Waals surface area contributed by atoms with Crippen LogP contribution in [0.4, 0.5) is 5.69 Å². The number of morpholine rings is 1. The summed E-state index contributed by atoms with van der Waals surface area (Å²) in [5, 5.41) is 3.77. The number of hydrogen-bond donors (Lipinski definition) is 1. The first kappa shape index (κ1) is 16.4. The third-order valence-electron chi connectivity index (χ3n) is 5.91. The molecule has 3 aliphatic rings. The Bertz CT molecular complexity index is 534. The molecular formula is C20H31N3O. The number of nitrogens with one attached hydrogen (secondary N) is 1. The highest BCUT2D eigenvalue weighted by Gasteiger charge is 2.20.